The molecule has 170 valence electrons. The average molecular weight is 448 g/mol. The van der Waals surface area contributed by atoms with Gasteiger partial charge in [0.15, 0.2) is 0 Å². The summed E-state index contributed by atoms with van der Waals surface area (Å²) >= 11 is 0. The van der Waals surface area contributed by atoms with Crippen LogP contribution in [0.3, 0.4) is 0 Å². The van der Waals surface area contributed by atoms with Gasteiger partial charge in [-0.05, 0) is 59.4 Å². The Kier molecular flexibility index (Phi) is 6.93. The molecule has 0 unspecified atom stereocenters. The highest BCUT2D eigenvalue weighted by Crippen LogP contribution is 2.29. The van der Waals surface area contributed by atoms with Crippen molar-refractivity contribution in [3.63, 3.8) is 0 Å². The van der Waals surface area contributed by atoms with Crippen LogP contribution in [0.25, 0.3) is 23.3 Å². The molecule has 3 heteroatoms. The third-order valence-electron chi connectivity index (χ3n) is 6.12. The maximum atomic E-state index is 13.1. The Balaban J connectivity index is 1.57. The third-order valence-corrected chi connectivity index (χ3v) is 6.12. The molecule has 0 aromatic heterocycles. The number of carbonyl (C=O) groups is 1. The SMILES string of the molecule is CC(C)(C(=O)NCc1ccccc1-c1ccccc1C=Cc1ccc(O)cc1)c1ccccc1. The Bertz CT molecular complexity index is 1290. The van der Waals surface area contributed by atoms with Crippen LogP contribution in [0.5, 0.6) is 5.75 Å². The van der Waals surface area contributed by atoms with Gasteiger partial charge in [0.2, 0.25) is 5.91 Å². The lowest BCUT2D eigenvalue weighted by atomic mass is 9.83. The minimum Gasteiger partial charge on any atom is -0.508 e. The molecule has 4 rings (SSSR count). The molecule has 0 fully saturated rings. The molecule has 0 spiro atoms. The van der Waals surface area contributed by atoms with Crippen molar-refractivity contribution in [1.82, 2.24) is 5.32 Å². The van der Waals surface area contributed by atoms with Gasteiger partial charge in [-0.1, -0.05) is 103 Å². The lowest BCUT2D eigenvalue weighted by molar-refractivity contribution is -0.125. The van der Waals surface area contributed by atoms with Gasteiger partial charge in [-0.3, -0.25) is 4.79 Å². The molecule has 0 heterocycles. The molecule has 0 bridgehead atoms. The van der Waals surface area contributed by atoms with Crippen molar-refractivity contribution in [1.29, 1.82) is 0 Å². The van der Waals surface area contributed by atoms with Gasteiger partial charge in [0, 0.05) is 6.54 Å². The molecule has 4 aromatic rings. The number of carbonyl (C=O) groups excluding carboxylic acids is 1. The second-order valence-corrected chi connectivity index (χ2v) is 8.84. The first-order chi connectivity index (χ1) is 16.4. The molecule has 4 aromatic carbocycles. The monoisotopic (exact) mass is 447 g/mol. The summed E-state index contributed by atoms with van der Waals surface area (Å²) in [5, 5.41) is 12.7. The van der Waals surface area contributed by atoms with Crippen molar-refractivity contribution in [3.05, 3.63) is 125 Å². The van der Waals surface area contributed by atoms with E-state index < -0.39 is 5.41 Å². The summed E-state index contributed by atoms with van der Waals surface area (Å²) < 4.78 is 0. The molecule has 0 saturated carbocycles. The fraction of sp³-hybridized carbons (Fsp3) is 0.129. The Morgan fingerprint density at radius 3 is 2.12 bits per heavy atom. The first-order valence-corrected chi connectivity index (χ1v) is 11.4. The average Bonchev–Trinajstić information content (AvgIpc) is 2.88. The number of amides is 1. The van der Waals surface area contributed by atoms with E-state index in [-0.39, 0.29) is 11.7 Å². The predicted octanol–water partition coefficient (Wildman–Crippen LogP) is 6.82. The minimum absolute atomic E-state index is 0.00554. The van der Waals surface area contributed by atoms with Gasteiger partial charge in [0.1, 0.15) is 5.75 Å². The summed E-state index contributed by atoms with van der Waals surface area (Å²) in [6.07, 6.45) is 4.11. The van der Waals surface area contributed by atoms with Crippen molar-refractivity contribution in [2.75, 3.05) is 0 Å². The van der Waals surface area contributed by atoms with Crippen LogP contribution in [-0.4, -0.2) is 11.0 Å². The molecule has 0 saturated heterocycles. The minimum atomic E-state index is -0.624. The van der Waals surface area contributed by atoms with Gasteiger partial charge in [0.05, 0.1) is 5.41 Å². The highest BCUT2D eigenvalue weighted by molar-refractivity contribution is 5.88. The van der Waals surface area contributed by atoms with Crippen molar-refractivity contribution in [2.45, 2.75) is 25.8 Å². The zero-order chi connectivity index (χ0) is 24.0. The molecule has 1 amide bonds. The fourth-order valence-electron chi connectivity index (χ4n) is 3.98. The molecular weight excluding hydrogens is 418 g/mol. The number of rotatable bonds is 7. The van der Waals surface area contributed by atoms with E-state index in [0.717, 1.165) is 33.4 Å². The molecule has 34 heavy (non-hydrogen) atoms. The molecular formula is C31H29NO2. The van der Waals surface area contributed by atoms with Crippen LogP contribution in [0.15, 0.2) is 103 Å². The molecule has 0 atom stereocenters. The molecule has 2 N–H and O–H groups in total. The number of phenolic OH excluding ortho intramolecular Hbond substituents is 1. The van der Waals surface area contributed by atoms with Crippen LogP contribution in [0.4, 0.5) is 0 Å². The number of phenols is 1. The largest absolute Gasteiger partial charge is 0.508 e. The number of benzene rings is 4. The van der Waals surface area contributed by atoms with Gasteiger partial charge >= 0.3 is 0 Å². The van der Waals surface area contributed by atoms with E-state index in [0.29, 0.717) is 6.54 Å². The highest BCUT2D eigenvalue weighted by atomic mass is 16.3. The number of aromatic hydroxyl groups is 1. The van der Waals surface area contributed by atoms with Gasteiger partial charge < -0.3 is 10.4 Å². The molecule has 0 aliphatic carbocycles. The summed E-state index contributed by atoms with van der Waals surface area (Å²) in [7, 11) is 0. The quantitative estimate of drug-likeness (QED) is 0.305. The molecule has 3 nitrogen and oxygen atoms in total. The molecule has 0 aliphatic rings. The predicted molar refractivity (Wildman–Crippen MR) is 140 cm³/mol. The van der Waals surface area contributed by atoms with Gasteiger partial charge in [0.25, 0.3) is 0 Å². The lowest BCUT2D eigenvalue weighted by Gasteiger charge is -2.24. The summed E-state index contributed by atoms with van der Waals surface area (Å²) in [6, 6.07) is 33.4. The van der Waals surface area contributed by atoms with Crippen molar-refractivity contribution in [3.8, 4) is 16.9 Å². The van der Waals surface area contributed by atoms with Crippen LogP contribution in [0.2, 0.25) is 0 Å². The second-order valence-electron chi connectivity index (χ2n) is 8.84. The maximum Gasteiger partial charge on any atom is 0.230 e. The first-order valence-electron chi connectivity index (χ1n) is 11.4. The van der Waals surface area contributed by atoms with Crippen molar-refractivity contribution < 1.29 is 9.90 Å². The topological polar surface area (TPSA) is 49.3 Å². The lowest BCUT2D eigenvalue weighted by Crippen LogP contribution is -2.39. The van der Waals surface area contributed by atoms with Crippen molar-refractivity contribution in [2.24, 2.45) is 0 Å². The summed E-state index contributed by atoms with van der Waals surface area (Å²) in [5.41, 5.74) is 5.71. The number of hydrogen-bond donors (Lipinski definition) is 2. The highest BCUT2D eigenvalue weighted by Gasteiger charge is 2.29. The Morgan fingerprint density at radius 2 is 1.38 bits per heavy atom. The van der Waals surface area contributed by atoms with E-state index >= 15 is 0 Å². The van der Waals surface area contributed by atoms with E-state index in [9.17, 15) is 9.90 Å². The van der Waals surface area contributed by atoms with E-state index in [1.165, 1.54) is 0 Å². The standard InChI is InChI=1S/C31H29NO2/c1-31(2,26-12-4-3-5-13-26)30(34)32-22-25-11-7-9-15-29(25)28-14-8-6-10-24(28)19-16-23-17-20-27(33)21-18-23/h3-21,33H,22H2,1-2H3,(H,32,34). The van der Waals surface area contributed by atoms with Gasteiger partial charge in [-0.15, -0.1) is 0 Å². The van der Waals surface area contributed by atoms with Gasteiger partial charge in [-0.25, -0.2) is 0 Å². The van der Waals surface area contributed by atoms with Crippen LogP contribution in [0, 0.1) is 0 Å². The third kappa shape index (κ3) is 5.26. The Morgan fingerprint density at radius 1 is 0.765 bits per heavy atom. The summed E-state index contributed by atoms with van der Waals surface area (Å²) in [6.45, 7) is 4.35. The zero-order valence-corrected chi connectivity index (χ0v) is 19.5. The number of nitrogens with one attached hydrogen (secondary N) is 1. The fourth-order valence-corrected chi connectivity index (χ4v) is 3.98. The summed E-state index contributed by atoms with van der Waals surface area (Å²) in [4.78, 5) is 13.1. The molecule has 0 radical (unpaired) electrons. The smallest absolute Gasteiger partial charge is 0.230 e. The maximum absolute atomic E-state index is 13.1. The Labute approximate surface area is 201 Å². The van der Waals surface area contributed by atoms with Crippen LogP contribution < -0.4 is 5.32 Å². The van der Waals surface area contributed by atoms with E-state index in [1.54, 1.807) is 12.1 Å². The summed E-state index contributed by atoms with van der Waals surface area (Å²) in [5.74, 6) is 0.248. The second kappa shape index (κ2) is 10.2. The normalized spacial score (nSPS) is 11.5. The van der Waals surface area contributed by atoms with Crippen LogP contribution in [0.1, 0.15) is 36.1 Å². The zero-order valence-electron chi connectivity index (χ0n) is 19.5. The molecule has 0 aliphatic heterocycles. The first kappa shape index (κ1) is 23.1. The van der Waals surface area contributed by atoms with Crippen molar-refractivity contribution >= 4 is 18.1 Å². The van der Waals surface area contributed by atoms with Gasteiger partial charge in [-0.2, -0.15) is 0 Å². The van der Waals surface area contributed by atoms with Crippen LogP contribution >= 0.6 is 0 Å². The van der Waals surface area contributed by atoms with E-state index in [1.807, 2.05) is 86.7 Å². The number of hydrogen-bond acceptors (Lipinski definition) is 2. The van der Waals surface area contributed by atoms with Crippen LogP contribution in [-0.2, 0) is 16.8 Å². The van der Waals surface area contributed by atoms with E-state index in [2.05, 4.69) is 35.7 Å². The van der Waals surface area contributed by atoms with E-state index in [4.69, 9.17) is 0 Å². The Hall–Kier alpha value is -4.11.